The number of hydrogen-bond acceptors (Lipinski definition) is 3. The summed E-state index contributed by atoms with van der Waals surface area (Å²) >= 11 is 0. The smallest absolute Gasteiger partial charge is 0.354 e. The molecular weight excluding hydrogens is 282 g/mol. The highest BCUT2D eigenvalue weighted by Gasteiger charge is 2.23. The molecule has 0 bridgehead atoms. The Morgan fingerprint density at radius 1 is 1.32 bits per heavy atom. The van der Waals surface area contributed by atoms with Crippen LogP contribution in [0.5, 0.6) is 0 Å². The van der Waals surface area contributed by atoms with E-state index in [1.54, 1.807) is 17.9 Å². The molecule has 0 saturated heterocycles. The number of fused-ring (bicyclic) bond motifs is 1. The van der Waals surface area contributed by atoms with E-state index in [1.807, 2.05) is 25.1 Å². The Balaban J connectivity index is 2.01. The summed E-state index contributed by atoms with van der Waals surface area (Å²) in [7, 11) is 0. The Kier molecular flexibility index (Phi) is 3.44. The van der Waals surface area contributed by atoms with E-state index in [1.165, 1.54) is 4.68 Å². The van der Waals surface area contributed by atoms with Crippen LogP contribution < -0.4 is 4.90 Å². The molecule has 2 heterocycles. The first-order valence-electron chi connectivity index (χ1n) is 7.23. The van der Waals surface area contributed by atoms with Gasteiger partial charge in [-0.3, -0.25) is 9.48 Å². The zero-order valence-electron chi connectivity index (χ0n) is 12.5. The second-order valence-corrected chi connectivity index (χ2v) is 5.30. The maximum Gasteiger partial charge on any atom is 0.354 e. The van der Waals surface area contributed by atoms with Crippen LogP contribution >= 0.6 is 0 Å². The summed E-state index contributed by atoms with van der Waals surface area (Å²) in [6, 6.07) is 7.37. The number of benzene rings is 1. The molecule has 1 aromatic carbocycles. The van der Waals surface area contributed by atoms with Crippen molar-refractivity contribution in [3.05, 3.63) is 35.5 Å². The standard InChI is InChI=1S/C16H17N3O3/c1-3-19-15(16(21)22)9-13(17-19)11-4-5-14-12(8-11)6-7-18(14)10(2)20/h4-5,8-9H,3,6-7H2,1-2H3,(H,21,22). The van der Waals surface area contributed by atoms with E-state index in [2.05, 4.69) is 5.10 Å². The van der Waals surface area contributed by atoms with Gasteiger partial charge in [-0.15, -0.1) is 0 Å². The highest BCUT2D eigenvalue weighted by atomic mass is 16.4. The number of aryl methyl sites for hydroxylation is 1. The van der Waals surface area contributed by atoms with Crippen LogP contribution in [0.3, 0.4) is 0 Å². The first-order valence-corrected chi connectivity index (χ1v) is 7.23. The summed E-state index contributed by atoms with van der Waals surface area (Å²) in [5.74, 6) is -0.945. The normalized spacial score (nSPS) is 13.3. The molecule has 0 fully saturated rings. The van der Waals surface area contributed by atoms with Crippen molar-refractivity contribution in [2.45, 2.75) is 26.8 Å². The van der Waals surface area contributed by atoms with Crippen molar-refractivity contribution in [2.24, 2.45) is 0 Å². The van der Waals surface area contributed by atoms with Crippen molar-refractivity contribution >= 4 is 17.6 Å². The predicted octanol–water partition coefficient (Wildman–Crippen LogP) is 2.18. The van der Waals surface area contributed by atoms with Gasteiger partial charge < -0.3 is 10.0 Å². The van der Waals surface area contributed by atoms with E-state index in [4.69, 9.17) is 0 Å². The number of anilines is 1. The van der Waals surface area contributed by atoms with Crippen LogP contribution in [-0.4, -0.2) is 33.3 Å². The summed E-state index contributed by atoms with van der Waals surface area (Å²) in [6.07, 6.45) is 0.809. The number of carboxylic acid groups (broad SMARTS) is 1. The van der Waals surface area contributed by atoms with Crippen LogP contribution in [-0.2, 0) is 17.8 Å². The summed E-state index contributed by atoms with van der Waals surface area (Å²) in [6.45, 7) is 4.62. The third kappa shape index (κ3) is 2.26. The molecule has 6 nitrogen and oxygen atoms in total. The van der Waals surface area contributed by atoms with Gasteiger partial charge in [0.05, 0.1) is 5.69 Å². The third-order valence-corrected chi connectivity index (χ3v) is 3.95. The van der Waals surface area contributed by atoms with E-state index in [-0.39, 0.29) is 11.6 Å². The van der Waals surface area contributed by atoms with E-state index >= 15 is 0 Å². The lowest BCUT2D eigenvalue weighted by Crippen LogP contribution is -2.25. The average molecular weight is 299 g/mol. The van der Waals surface area contributed by atoms with Gasteiger partial charge in [0.2, 0.25) is 5.91 Å². The predicted molar refractivity (Wildman–Crippen MR) is 82.0 cm³/mol. The number of aromatic nitrogens is 2. The Morgan fingerprint density at radius 3 is 2.68 bits per heavy atom. The molecule has 3 rings (SSSR count). The molecule has 0 atom stereocenters. The molecular formula is C16H17N3O3. The zero-order chi connectivity index (χ0) is 15.9. The Hall–Kier alpha value is -2.63. The Morgan fingerprint density at radius 2 is 2.09 bits per heavy atom. The van der Waals surface area contributed by atoms with E-state index in [9.17, 15) is 14.7 Å². The number of hydrogen-bond donors (Lipinski definition) is 1. The molecule has 0 unspecified atom stereocenters. The fraction of sp³-hybridized carbons (Fsp3) is 0.312. The molecule has 0 saturated carbocycles. The van der Waals surface area contributed by atoms with Gasteiger partial charge in [0.1, 0.15) is 5.69 Å². The van der Waals surface area contributed by atoms with E-state index < -0.39 is 5.97 Å². The van der Waals surface area contributed by atoms with Gasteiger partial charge in [0.25, 0.3) is 0 Å². The third-order valence-electron chi connectivity index (χ3n) is 3.95. The number of nitrogens with zero attached hydrogens (tertiary/aromatic N) is 3. The quantitative estimate of drug-likeness (QED) is 0.942. The lowest BCUT2D eigenvalue weighted by atomic mass is 10.1. The summed E-state index contributed by atoms with van der Waals surface area (Å²) in [4.78, 5) is 24.6. The summed E-state index contributed by atoms with van der Waals surface area (Å²) in [5.41, 5.74) is 3.73. The van der Waals surface area contributed by atoms with Gasteiger partial charge in [-0.2, -0.15) is 5.10 Å². The topological polar surface area (TPSA) is 75.4 Å². The summed E-state index contributed by atoms with van der Waals surface area (Å²) < 4.78 is 1.48. The Bertz CT molecular complexity index is 764. The van der Waals surface area contributed by atoms with E-state index in [0.717, 1.165) is 23.2 Å². The fourth-order valence-corrected chi connectivity index (χ4v) is 2.86. The first-order chi connectivity index (χ1) is 10.5. The maximum absolute atomic E-state index is 11.6. The molecule has 1 aromatic heterocycles. The van der Waals surface area contributed by atoms with Crippen LogP contribution in [0, 0.1) is 0 Å². The number of carbonyl (C=O) groups excluding carboxylic acids is 1. The molecule has 22 heavy (non-hydrogen) atoms. The SMILES string of the molecule is CCn1nc(-c2ccc3c(c2)CCN3C(C)=O)cc1C(=O)O. The minimum atomic E-state index is -0.982. The Labute approximate surface area is 128 Å². The number of carbonyl (C=O) groups is 2. The first kappa shape index (κ1) is 14.3. The highest BCUT2D eigenvalue weighted by molar-refractivity contribution is 5.94. The second kappa shape index (κ2) is 5.29. The lowest BCUT2D eigenvalue weighted by molar-refractivity contribution is -0.116. The number of aromatic carboxylic acids is 1. The van der Waals surface area contributed by atoms with E-state index in [0.29, 0.717) is 18.8 Å². The van der Waals surface area contributed by atoms with Gasteiger partial charge in [-0.25, -0.2) is 4.79 Å². The van der Waals surface area contributed by atoms with Gasteiger partial charge in [0, 0.05) is 31.3 Å². The van der Waals surface area contributed by atoms with Crippen LogP contribution in [0.1, 0.15) is 29.9 Å². The van der Waals surface area contributed by atoms with Crippen LogP contribution in [0.15, 0.2) is 24.3 Å². The number of rotatable bonds is 3. The van der Waals surface area contributed by atoms with Crippen LogP contribution in [0.2, 0.25) is 0 Å². The lowest BCUT2D eigenvalue weighted by Gasteiger charge is -2.14. The van der Waals surface area contributed by atoms with Crippen molar-refractivity contribution in [3.8, 4) is 11.3 Å². The zero-order valence-corrected chi connectivity index (χ0v) is 12.5. The molecule has 0 radical (unpaired) electrons. The van der Waals surface area contributed by atoms with Crippen molar-refractivity contribution in [1.82, 2.24) is 9.78 Å². The van der Waals surface area contributed by atoms with Gasteiger partial charge in [-0.05, 0) is 37.1 Å². The van der Waals surface area contributed by atoms with Crippen LogP contribution in [0.25, 0.3) is 11.3 Å². The molecule has 0 aliphatic carbocycles. The maximum atomic E-state index is 11.6. The van der Waals surface area contributed by atoms with Gasteiger partial charge in [0.15, 0.2) is 0 Å². The molecule has 1 aliphatic heterocycles. The largest absolute Gasteiger partial charge is 0.477 e. The second-order valence-electron chi connectivity index (χ2n) is 5.30. The van der Waals surface area contributed by atoms with Crippen molar-refractivity contribution in [2.75, 3.05) is 11.4 Å². The molecule has 0 spiro atoms. The van der Waals surface area contributed by atoms with Crippen molar-refractivity contribution in [3.63, 3.8) is 0 Å². The van der Waals surface area contributed by atoms with Gasteiger partial charge in [-0.1, -0.05) is 6.07 Å². The highest BCUT2D eigenvalue weighted by Crippen LogP contribution is 2.32. The molecule has 6 heteroatoms. The fourth-order valence-electron chi connectivity index (χ4n) is 2.86. The molecule has 114 valence electrons. The minimum Gasteiger partial charge on any atom is -0.477 e. The molecule has 2 aromatic rings. The van der Waals surface area contributed by atoms with Crippen molar-refractivity contribution in [1.29, 1.82) is 0 Å². The number of carboxylic acids is 1. The van der Waals surface area contributed by atoms with Gasteiger partial charge >= 0.3 is 5.97 Å². The molecule has 1 aliphatic rings. The summed E-state index contributed by atoms with van der Waals surface area (Å²) in [5, 5.41) is 13.6. The number of amides is 1. The minimum absolute atomic E-state index is 0.0370. The average Bonchev–Trinajstić information content (AvgIpc) is 3.10. The molecule has 1 amide bonds. The monoisotopic (exact) mass is 299 g/mol. The molecule has 1 N–H and O–H groups in total. The van der Waals surface area contributed by atoms with Crippen LogP contribution in [0.4, 0.5) is 5.69 Å². The van der Waals surface area contributed by atoms with Crippen molar-refractivity contribution < 1.29 is 14.7 Å².